The molecule has 0 radical (unpaired) electrons. The van der Waals surface area contributed by atoms with E-state index < -0.39 is 12.1 Å². The van der Waals surface area contributed by atoms with E-state index in [-0.39, 0.29) is 11.5 Å². The van der Waals surface area contributed by atoms with E-state index in [2.05, 4.69) is 0 Å². The fourth-order valence-corrected chi connectivity index (χ4v) is 1.90. The van der Waals surface area contributed by atoms with Gasteiger partial charge in [-0.15, -0.1) is 0 Å². The van der Waals surface area contributed by atoms with Crippen LogP contribution in [-0.2, 0) is 4.74 Å². The van der Waals surface area contributed by atoms with Gasteiger partial charge in [-0.1, -0.05) is 12.1 Å². The summed E-state index contributed by atoms with van der Waals surface area (Å²) in [5.74, 6) is -0.832. The van der Waals surface area contributed by atoms with Gasteiger partial charge >= 0.3 is 5.97 Å². The number of aliphatic hydroxyl groups is 1. The van der Waals surface area contributed by atoms with Gasteiger partial charge in [0.25, 0.3) is 0 Å². The number of carboxylic acids is 1. The Labute approximate surface area is 93.5 Å². The SMILES string of the molecule is O=C(O)c1ccc(C(O)C2CCOC2)cc1. The average molecular weight is 222 g/mol. The van der Waals surface area contributed by atoms with E-state index in [4.69, 9.17) is 9.84 Å². The molecule has 2 unspecified atom stereocenters. The van der Waals surface area contributed by atoms with Gasteiger partial charge in [-0.3, -0.25) is 0 Å². The van der Waals surface area contributed by atoms with Crippen LogP contribution in [0.15, 0.2) is 24.3 Å². The topological polar surface area (TPSA) is 66.8 Å². The Kier molecular flexibility index (Phi) is 3.22. The smallest absolute Gasteiger partial charge is 0.335 e. The zero-order valence-electron chi connectivity index (χ0n) is 8.80. The van der Waals surface area contributed by atoms with Crippen LogP contribution >= 0.6 is 0 Å². The first-order valence-corrected chi connectivity index (χ1v) is 5.27. The van der Waals surface area contributed by atoms with Gasteiger partial charge in [0, 0.05) is 12.5 Å². The summed E-state index contributed by atoms with van der Waals surface area (Å²) in [6, 6.07) is 6.34. The molecule has 0 amide bonds. The van der Waals surface area contributed by atoms with Crippen molar-refractivity contribution in [1.29, 1.82) is 0 Å². The molecule has 1 aromatic rings. The minimum atomic E-state index is -0.953. The number of benzene rings is 1. The monoisotopic (exact) mass is 222 g/mol. The summed E-state index contributed by atoms with van der Waals surface area (Å²) in [5, 5.41) is 18.8. The first-order valence-electron chi connectivity index (χ1n) is 5.27. The van der Waals surface area contributed by atoms with Crippen molar-refractivity contribution in [2.45, 2.75) is 12.5 Å². The molecule has 1 heterocycles. The van der Waals surface area contributed by atoms with Crippen LogP contribution in [0.3, 0.4) is 0 Å². The average Bonchev–Trinajstić information content (AvgIpc) is 2.81. The Bertz CT molecular complexity index is 365. The number of aliphatic hydroxyl groups excluding tert-OH is 1. The zero-order chi connectivity index (χ0) is 11.5. The lowest BCUT2D eigenvalue weighted by Crippen LogP contribution is -2.12. The van der Waals surface area contributed by atoms with E-state index in [1.807, 2.05) is 0 Å². The molecule has 1 aromatic carbocycles. The quantitative estimate of drug-likeness (QED) is 0.812. The first kappa shape index (κ1) is 11.1. The fourth-order valence-electron chi connectivity index (χ4n) is 1.90. The van der Waals surface area contributed by atoms with Gasteiger partial charge in [-0.2, -0.15) is 0 Å². The van der Waals surface area contributed by atoms with Gasteiger partial charge in [0.2, 0.25) is 0 Å². The summed E-state index contributed by atoms with van der Waals surface area (Å²) in [6.07, 6.45) is 0.285. The van der Waals surface area contributed by atoms with Crippen LogP contribution in [0.1, 0.15) is 28.4 Å². The molecule has 1 aliphatic rings. The van der Waals surface area contributed by atoms with Crippen molar-refractivity contribution >= 4 is 5.97 Å². The van der Waals surface area contributed by atoms with E-state index in [1.165, 1.54) is 12.1 Å². The molecule has 1 aliphatic heterocycles. The number of carbonyl (C=O) groups is 1. The normalized spacial score (nSPS) is 21.9. The number of carboxylic acid groups (broad SMARTS) is 1. The van der Waals surface area contributed by atoms with Crippen LogP contribution in [0, 0.1) is 5.92 Å². The van der Waals surface area contributed by atoms with Crippen molar-refractivity contribution < 1.29 is 19.7 Å². The lowest BCUT2D eigenvalue weighted by Gasteiger charge is -2.16. The summed E-state index contributed by atoms with van der Waals surface area (Å²) < 4.78 is 5.21. The molecule has 4 nitrogen and oxygen atoms in total. The highest BCUT2D eigenvalue weighted by molar-refractivity contribution is 5.87. The van der Waals surface area contributed by atoms with Crippen LogP contribution in [0.25, 0.3) is 0 Å². The van der Waals surface area contributed by atoms with Crippen molar-refractivity contribution in [1.82, 2.24) is 0 Å². The van der Waals surface area contributed by atoms with Gasteiger partial charge in [-0.25, -0.2) is 4.79 Å². The zero-order valence-corrected chi connectivity index (χ0v) is 8.80. The molecule has 86 valence electrons. The third-order valence-electron chi connectivity index (χ3n) is 2.91. The highest BCUT2D eigenvalue weighted by atomic mass is 16.5. The minimum Gasteiger partial charge on any atom is -0.478 e. The molecule has 1 fully saturated rings. The summed E-state index contributed by atoms with van der Waals surface area (Å²) in [4.78, 5) is 10.7. The lowest BCUT2D eigenvalue weighted by molar-refractivity contribution is 0.0695. The fraction of sp³-hybridized carbons (Fsp3) is 0.417. The lowest BCUT2D eigenvalue weighted by atomic mass is 9.94. The van der Waals surface area contributed by atoms with Gasteiger partial charge in [0.1, 0.15) is 0 Å². The Balaban J connectivity index is 2.11. The Morgan fingerprint density at radius 2 is 2.06 bits per heavy atom. The number of rotatable bonds is 3. The molecular weight excluding hydrogens is 208 g/mol. The summed E-state index contributed by atoms with van der Waals surface area (Å²) in [7, 11) is 0. The molecule has 16 heavy (non-hydrogen) atoms. The van der Waals surface area contributed by atoms with E-state index >= 15 is 0 Å². The molecule has 2 atom stereocenters. The number of hydrogen-bond donors (Lipinski definition) is 2. The molecule has 0 aromatic heterocycles. The maximum atomic E-state index is 10.7. The molecule has 1 saturated heterocycles. The number of hydrogen-bond acceptors (Lipinski definition) is 3. The molecule has 0 spiro atoms. The molecule has 4 heteroatoms. The van der Waals surface area contributed by atoms with E-state index in [9.17, 15) is 9.90 Å². The summed E-state index contributed by atoms with van der Waals surface area (Å²) >= 11 is 0. The highest BCUT2D eigenvalue weighted by Crippen LogP contribution is 2.28. The van der Waals surface area contributed by atoms with E-state index in [0.717, 1.165) is 12.0 Å². The molecule has 2 rings (SSSR count). The Morgan fingerprint density at radius 1 is 1.38 bits per heavy atom. The predicted octanol–water partition coefficient (Wildman–Crippen LogP) is 1.45. The maximum Gasteiger partial charge on any atom is 0.335 e. The van der Waals surface area contributed by atoms with Crippen LogP contribution in [0.2, 0.25) is 0 Å². The Hall–Kier alpha value is -1.39. The van der Waals surface area contributed by atoms with Crippen molar-refractivity contribution in [3.8, 4) is 0 Å². The third-order valence-corrected chi connectivity index (χ3v) is 2.91. The molecule has 0 bridgehead atoms. The molecule has 0 saturated carbocycles. The van der Waals surface area contributed by atoms with Gasteiger partial charge in [0.05, 0.1) is 18.3 Å². The van der Waals surface area contributed by atoms with Crippen molar-refractivity contribution in [3.05, 3.63) is 35.4 Å². The van der Waals surface area contributed by atoms with Gasteiger partial charge in [-0.05, 0) is 24.1 Å². The van der Waals surface area contributed by atoms with Crippen LogP contribution in [0.4, 0.5) is 0 Å². The largest absolute Gasteiger partial charge is 0.478 e. The maximum absolute atomic E-state index is 10.7. The number of aromatic carboxylic acids is 1. The standard InChI is InChI=1S/C12H14O4/c13-11(10-5-6-16-7-10)8-1-3-9(4-2-8)12(14)15/h1-4,10-11,13H,5-7H2,(H,14,15). The summed E-state index contributed by atoms with van der Waals surface area (Å²) in [5.41, 5.74) is 0.985. The van der Waals surface area contributed by atoms with Crippen molar-refractivity contribution in [2.24, 2.45) is 5.92 Å². The Morgan fingerprint density at radius 3 is 2.56 bits per heavy atom. The second-order valence-corrected chi connectivity index (χ2v) is 4.00. The van der Waals surface area contributed by atoms with Gasteiger partial charge < -0.3 is 14.9 Å². The van der Waals surface area contributed by atoms with Crippen LogP contribution < -0.4 is 0 Å². The van der Waals surface area contributed by atoms with Crippen LogP contribution in [0.5, 0.6) is 0 Å². The van der Waals surface area contributed by atoms with Crippen molar-refractivity contribution in [2.75, 3.05) is 13.2 Å². The number of ether oxygens (including phenoxy) is 1. The molecule has 0 aliphatic carbocycles. The third kappa shape index (κ3) is 2.23. The summed E-state index contributed by atoms with van der Waals surface area (Å²) in [6.45, 7) is 1.26. The van der Waals surface area contributed by atoms with E-state index in [1.54, 1.807) is 12.1 Å². The van der Waals surface area contributed by atoms with Crippen molar-refractivity contribution in [3.63, 3.8) is 0 Å². The van der Waals surface area contributed by atoms with E-state index in [0.29, 0.717) is 13.2 Å². The minimum absolute atomic E-state index is 0.121. The second kappa shape index (κ2) is 4.63. The second-order valence-electron chi connectivity index (χ2n) is 4.00. The highest BCUT2D eigenvalue weighted by Gasteiger charge is 2.25. The molecular formula is C12H14O4. The van der Waals surface area contributed by atoms with Gasteiger partial charge in [0.15, 0.2) is 0 Å². The van der Waals surface area contributed by atoms with Crippen LogP contribution in [-0.4, -0.2) is 29.4 Å². The predicted molar refractivity (Wildman–Crippen MR) is 57.3 cm³/mol. The molecule has 2 N–H and O–H groups in total. The first-order chi connectivity index (χ1) is 7.68.